The lowest BCUT2D eigenvalue weighted by atomic mass is 9.84. The highest BCUT2D eigenvalue weighted by Gasteiger charge is 2.22. The van der Waals surface area contributed by atoms with Crippen molar-refractivity contribution in [2.75, 3.05) is 26.0 Å². The summed E-state index contributed by atoms with van der Waals surface area (Å²) in [5, 5.41) is 4.05. The number of rotatable bonds is 8. The van der Waals surface area contributed by atoms with Crippen molar-refractivity contribution >= 4 is 16.9 Å². The van der Waals surface area contributed by atoms with Crippen molar-refractivity contribution in [1.29, 1.82) is 0 Å². The highest BCUT2D eigenvalue weighted by molar-refractivity contribution is 5.81. The number of pyridine rings is 1. The fourth-order valence-corrected chi connectivity index (χ4v) is 4.18. The molecule has 2 heterocycles. The third-order valence-electron chi connectivity index (χ3n) is 5.78. The number of aromatic nitrogens is 3. The minimum absolute atomic E-state index is 0.0181. The Morgan fingerprint density at radius 2 is 1.93 bits per heavy atom. The van der Waals surface area contributed by atoms with Gasteiger partial charge in [0, 0.05) is 31.5 Å². The number of likely N-dealkylation sites (N-methyl/N-ethyl adjacent to an activating group) is 1. The molecule has 1 saturated carbocycles. The number of fused-ring (bicyclic) bond motifs is 1. The number of anilines is 1. The lowest BCUT2D eigenvalue weighted by Gasteiger charge is -2.24. The number of hydrogen-bond donors (Lipinski definition) is 1. The van der Waals surface area contributed by atoms with Crippen molar-refractivity contribution in [3.8, 4) is 0 Å². The van der Waals surface area contributed by atoms with Crippen molar-refractivity contribution < 1.29 is 0 Å². The van der Waals surface area contributed by atoms with E-state index in [0.29, 0.717) is 29.8 Å². The van der Waals surface area contributed by atoms with Crippen molar-refractivity contribution in [1.82, 2.24) is 19.4 Å². The molecule has 0 bridgehead atoms. The van der Waals surface area contributed by atoms with Gasteiger partial charge < -0.3 is 14.8 Å². The van der Waals surface area contributed by atoms with Gasteiger partial charge in [0.2, 0.25) is 5.95 Å². The first kappa shape index (κ1) is 24.3. The third kappa shape index (κ3) is 6.27. The average molecular weight is 416 g/mol. The summed E-state index contributed by atoms with van der Waals surface area (Å²) in [6.45, 7) is 9.86. The quantitative estimate of drug-likeness (QED) is 0.655. The second-order valence-corrected chi connectivity index (χ2v) is 8.51. The van der Waals surface area contributed by atoms with Crippen molar-refractivity contribution in [3.63, 3.8) is 0 Å². The van der Waals surface area contributed by atoms with Crippen LogP contribution in [0, 0.1) is 0 Å². The minimum Gasteiger partial charge on any atom is -0.352 e. The van der Waals surface area contributed by atoms with Gasteiger partial charge in [-0.2, -0.15) is 0 Å². The van der Waals surface area contributed by atoms with Gasteiger partial charge in [-0.15, -0.1) is 0 Å². The Kier molecular flexibility index (Phi) is 9.76. The summed E-state index contributed by atoms with van der Waals surface area (Å²) in [4.78, 5) is 24.5. The molecular weight excluding hydrogens is 374 g/mol. The Labute approximate surface area is 182 Å². The van der Waals surface area contributed by atoms with Crippen LogP contribution in [0.15, 0.2) is 17.2 Å². The molecular formula is C24H41N5O. The molecule has 1 aliphatic rings. The van der Waals surface area contributed by atoms with Crippen LogP contribution in [0.2, 0.25) is 0 Å². The van der Waals surface area contributed by atoms with Crippen LogP contribution in [0.25, 0.3) is 10.9 Å². The number of hydrogen-bond acceptors (Lipinski definition) is 5. The molecule has 6 nitrogen and oxygen atoms in total. The van der Waals surface area contributed by atoms with E-state index < -0.39 is 0 Å². The maximum atomic E-state index is 13.1. The van der Waals surface area contributed by atoms with Gasteiger partial charge in [-0.1, -0.05) is 46.5 Å². The summed E-state index contributed by atoms with van der Waals surface area (Å²) in [5.74, 6) is 1.12. The van der Waals surface area contributed by atoms with Crippen molar-refractivity contribution in [3.05, 3.63) is 28.3 Å². The van der Waals surface area contributed by atoms with E-state index in [2.05, 4.69) is 35.2 Å². The van der Waals surface area contributed by atoms with Gasteiger partial charge in [0.15, 0.2) is 0 Å². The van der Waals surface area contributed by atoms with Gasteiger partial charge in [-0.25, -0.2) is 9.97 Å². The molecule has 0 aromatic carbocycles. The molecule has 6 heteroatoms. The normalized spacial score (nSPS) is 15.7. The van der Waals surface area contributed by atoms with Gasteiger partial charge in [0.1, 0.15) is 0 Å². The van der Waals surface area contributed by atoms with Crippen LogP contribution in [0.5, 0.6) is 0 Å². The molecule has 2 aromatic heterocycles. The maximum Gasteiger partial charge on any atom is 0.261 e. The van der Waals surface area contributed by atoms with Gasteiger partial charge in [0.25, 0.3) is 5.56 Å². The first-order valence-corrected chi connectivity index (χ1v) is 11.8. The first-order chi connectivity index (χ1) is 14.5. The van der Waals surface area contributed by atoms with E-state index in [1.807, 2.05) is 32.5 Å². The van der Waals surface area contributed by atoms with E-state index in [0.717, 1.165) is 24.9 Å². The highest BCUT2D eigenvalue weighted by Crippen LogP contribution is 2.35. The molecule has 168 valence electrons. The third-order valence-corrected chi connectivity index (χ3v) is 5.78. The van der Waals surface area contributed by atoms with Gasteiger partial charge >= 0.3 is 0 Å². The molecule has 0 radical (unpaired) electrons. The standard InChI is InChI=1S/C22H35N5O.C2H6/c1-5-9-16(2)24-22-23-14-18-20(25-22)19(17-10-7-6-8-11-17)15-27(21(18)28)13-12-26(3)4;1-2/h14-17H,5-13H2,1-4H3,(H,23,24,25);1-2H3. The summed E-state index contributed by atoms with van der Waals surface area (Å²) in [5.41, 5.74) is 2.09. The molecule has 3 rings (SSSR count). The second-order valence-electron chi connectivity index (χ2n) is 8.51. The summed E-state index contributed by atoms with van der Waals surface area (Å²) in [6.07, 6.45) is 12.2. The summed E-state index contributed by atoms with van der Waals surface area (Å²) >= 11 is 0. The monoisotopic (exact) mass is 415 g/mol. The Morgan fingerprint density at radius 3 is 2.57 bits per heavy atom. The van der Waals surface area contributed by atoms with E-state index in [-0.39, 0.29) is 5.56 Å². The van der Waals surface area contributed by atoms with Gasteiger partial charge in [-0.05, 0) is 51.8 Å². The van der Waals surface area contributed by atoms with E-state index in [1.165, 1.54) is 37.7 Å². The Balaban J connectivity index is 0.00000155. The molecule has 0 spiro atoms. The highest BCUT2D eigenvalue weighted by atomic mass is 16.1. The van der Waals surface area contributed by atoms with Crippen LogP contribution >= 0.6 is 0 Å². The zero-order valence-electron chi connectivity index (χ0n) is 19.9. The zero-order chi connectivity index (χ0) is 22.1. The maximum absolute atomic E-state index is 13.1. The Bertz CT molecular complexity index is 839. The summed E-state index contributed by atoms with van der Waals surface area (Å²) in [7, 11) is 4.07. The predicted octanol–water partition coefficient (Wildman–Crippen LogP) is 5.03. The second kappa shape index (κ2) is 12.0. The molecule has 0 amide bonds. The molecule has 1 aliphatic carbocycles. The largest absolute Gasteiger partial charge is 0.352 e. The summed E-state index contributed by atoms with van der Waals surface area (Å²) < 4.78 is 1.86. The van der Waals surface area contributed by atoms with E-state index in [9.17, 15) is 4.79 Å². The predicted molar refractivity (Wildman–Crippen MR) is 128 cm³/mol. The Hall–Kier alpha value is -1.95. The van der Waals surface area contributed by atoms with Crippen LogP contribution in [0.4, 0.5) is 5.95 Å². The van der Waals surface area contributed by atoms with Crippen LogP contribution in [-0.2, 0) is 6.54 Å². The molecule has 2 aromatic rings. The van der Waals surface area contributed by atoms with Gasteiger partial charge in [-0.3, -0.25) is 4.79 Å². The van der Waals surface area contributed by atoms with Crippen LogP contribution in [0.3, 0.4) is 0 Å². The first-order valence-electron chi connectivity index (χ1n) is 11.8. The molecule has 0 saturated heterocycles. The smallest absolute Gasteiger partial charge is 0.261 e. The molecule has 1 unspecified atom stereocenters. The van der Waals surface area contributed by atoms with Crippen molar-refractivity contribution in [2.45, 2.75) is 91.1 Å². The van der Waals surface area contributed by atoms with Crippen LogP contribution in [0.1, 0.15) is 84.1 Å². The fourth-order valence-electron chi connectivity index (χ4n) is 4.18. The molecule has 1 atom stereocenters. The van der Waals surface area contributed by atoms with E-state index in [1.54, 1.807) is 6.20 Å². The number of nitrogens with zero attached hydrogens (tertiary/aromatic N) is 4. The number of nitrogens with one attached hydrogen (secondary N) is 1. The molecule has 30 heavy (non-hydrogen) atoms. The summed E-state index contributed by atoms with van der Waals surface area (Å²) in [6, 6.07) is 0.320. The minimum atomic E-state index is 0.0181. The SMILES string of the molecule is CC.CCCC(C)Nc1ncc2c(=O)n(CCN(C)C)cc(C3CCCCC3)c2n1. The van der Waals surface area contributed by atoms with Crippen molar-refractivity contribution in [2.24, 2.45) is 0 Å². The average Bonchev–Trinajstić information content (AvgIpc) is 2.75. The molecule has 1 fully saturated rings. The molecule has 0 aliphatic heterocycles. The fraction of sp³-hybridized carbons (Fsp3) is 0.708. The van der Waals surface area contributed by atoms with Crippen LogP contribution in [-0.4, -0.2) is 46.1 Å². The topological polar surface area (TPSA) is 63.1 Å². The lowest BCUT2D eigenvalue weighted by molar-refractivity contribution is 0.380. The van der Waals surface area contributed by atoms with Crippen LogP contribution < -0.4 is 10.9 Å². The van der Waals surface area contributed by atoms with E-state index >= 15 is 0 Å². The van der Waals surface area contributed by atoms with E-state index in [4.69, 9.17) is 4.98 Å². The zero-order valence-corrected chi connectivity index (χ0v) is 19.9. The lowest BCUT2D eigenvalue weighted by Crippen LogP contribution is -2.28. The van der Waals surface area contributed by atoms with Gasteiger partial charge in [0.05, 0.1) is 10.9 Å². The molecule has 1 N–H and O–H groups in total. The Morgan fingerprint density at radius 1 is 1.23 bits per heavy atom.